The molecule has 80 valence electrons. The van der Waals surface area contributed by atoms with Crippen LogP contribution in [0.5, 0.6) is 0 Å². The van der Waals surface area contributed by atoms with Gasteiger partial charge in [-0.25, -0.2) is 4.98 Å². The summed E-state index contributed by atoms with van der Waals surface area (Å²) in [5.74, 6) is 0. The SMILES string of the molecule is CCCC(O)(CCC)c1cnc(N)s1. The Morgan fingerprint density at radius 3 is 2.36 bits per heavy atom. The summed E-state index contributed by atoms with van der Waals surface area (Å²) in [6.45, 7) is 4.15. The molecule has 0 spiro atoms. The van der Waals surface area contributed by atoms with Crippen LogP contribution in [0.4, 0.5) is 5.13 Å². The van der Waals surface area contributed by atoms with Crippen molar-refractivity contribution in [2.24, 2.45) is 0 Å². The number of nitrogens with two attached hydrogens (primary N) is 1. The summed E-state index contributed by atoms with van der Waals surface area (Å²) in [7, 11) is 0. The van der Waals surface area contributed by atoms with E-state index in [-0.39, 0.29) is 0 Å². The Morgan fingerprint density at radius 1 is 1.43 bits per heavy atom. The smallest absolute Gasteiger partial charge is 0.180 e. The number of hydrogen-bond acceptors (Lipinski definition) is 4. The van der Waals surface area contributed by atoms with Gasteiger partial charge in [0.05, 0.1) is 4.88 Å². The highest BCUT2D eigenvalue weighted by Gasteiger charge is 2.29. The minimum atomic E-state index is -0.710. The second kappa shape index (κ2) is 4.75. The van der Waals surface area contributed by atoms with Crippen LogP contribution >= 0.6 is 11.3 Å². The molecule has 14 heavy (non-hydrogen) atoms. The second-order valence-corrected chi connectivity index (χ2v) is 4.66. The molecule has 0 saturated heterocycles. The van der Waals surface area contributed by atoms with Gasteiger partial charge >= 0.3 is 0 Å². The van der Waals surface area contributed by atoms with Gasteiger partial charge in [0.2, 0.25) is 0 Å². The van der Waals surface area contributed by atoms with E-state index >= 15 is 0 Å². The zero-order valence-electron chi connectivity index (χ0n) is 8.79. The molecule has 0 aromatic carbocycles. The molecule has 0 unspecified atom stereocenters. The molecule has 1 aromatic rings. The van der Waals surface area contributed by atoms with Gasteiger partial charge in [-0.2, -0.15) is 0 Å². The third-order valence-corrected chi connectivity index (χ3v) is 3.33. The Morgan fingerprint density at radius 2 is 2.00 bits per heavy atom. The number of anilines is 1. The topological polar surface area (TPSA) is 59.1 Å². The van der Waals surface area contributed by atoms with E-state index in [1.54, 1.807) is 6.20 Å². The van der Waals surface area contributed by atoms with Gasteiger partial charge < -0.3 is 10.8 Å². The average molecular weight is 214 g/mol. The number of hydrogen-bond donors (Lipinski definition) is 2. The van der Waals surface area contributed by atoms with Crippen molar-refractivity contribution in [2.75, 3.05) is 5.73 Å². The lowest BCUT2D eigenvalue weighted by Crippen LogP contribution is -2.23. The first-order valence-corrected chi connectivity index (χ1v) is 5.88. The van der Waals surface area contributed by atoms with Gasteiger partial charge in [-0.15, -0.1) is 0 Å². The van der Waals surface area contributed by atoms with E-state index in [4.69, 9.17) is 5.73 Å². The van der Waals surface area contributed by atoms with Gasteiger partial charge in [-0.3, -0.25) is 0 Å². The Labute approximate surface area is 89.0 Å². The van der Waals surface area contributed by atoms with Crippen LogP contribution in [0.15, 0.2) is 6.20 Å². The van der Waals surface area contributed by atoms with Crippen LogP contribution in [0, 0.1) is 0 Å². The van der Waals surface area contributed by atoms with Gasteiger partial charge in [0.25, 0.3) is 0 Å². The summed E-state index contributed by atoms with van der Waals surface area (Å²) in [5, 5.41) is 10.9. The summed E-state index contributed by atoms with van der Waals surface area (Å²) < 4.78 is 0. The standard InChI is InChI=1S/C10H18N2OS/c1-3-5-10(13,6-4-2)8-7-12-9(11)14-8/h7,13H,3-6H2,1-2H3,(H2,11,12). The molecule has 0 aliphatic rings. The van der Waals surface area contributed by atoms with Crippen LogP contribution in [0.25, 0.3) is 0 Å². The third kappa shape index (κ3) is 2.45. The quantitative estimate of drug-likeness (QED) is 0.791. The van der Waals surface area contributed by atoms with E-state index in [0.717, 1.165) is 30.6 Å². The zero-order chi connectivity index (χ0) is 10.6. The fourth-order valence-corrected chi connectivity index (χ4v) is 2.53. The monoisotopic (exact) mass is 214 g/mol. The summed E-state index contributed by atoms with van der Waals surface area (Å²) in [6, 6.07) is 0. The Hall–Kier alpha value is -0.610. The van der Waals surface area contributed by atoms with Crippen LogP contribution in [-0.2, 0) is 5.60 Å². The van der Waals surface area contributed by atoms with Crippen molar-refractivity contribution in [3.05, 3.63) is 11.1 Å². The number of thiazole rings is 1. The van der Waals surface area contributed by atoms with E-state index < -0.39 is 5.60 Å². The lowest BCUT2D eigenvalue weighted by Gasteiger charge is -2.25. The van der Waals surface area contributed by atoms with Gasteiger partial charge in [-0.05, 0) is 12.8 Å². The number of aliphatic hydroxyl groups is 1. The molecule has 0 aliphatic carbocycles. The lowest BCUT2D eigenvalue weighted by atomic mass is 9.92. The summed E-state index contributed by atoms with van der Waals surface area (Å²) in [5.41, 5.74) is 4.85. The van der Waals surface area contributed by atoms with Crippen LogP contribution in [0.1, 0.15) is 44.4 Å². The molecule has 0 saturated carbocycles. The molecule has 4 heteroatoms. The molecular weight excluding hydrogens is 196 g/mol. The highest BCUT2D eigenvalue weighted by molar-refractivity contribution is 7.15. The predicted octanol–water partition coefficient (Wildman–Crippen LogP) is 2.51. The van der Waals surface area contributed by atoms with Crippen LogP contribution in [0.3, 0.4) is 0 Å². The first-order valence-electron chi connectivity index (χ1n) is 5.06. The molecule has 0 amide bonds. The van der Waals surface area contributed by atoms with Crippen molar-refractivity contribution in [3.63, 3.8) is 0 Å². The van der Waals surface area contributed by atoms with E-state index in [9.17, 15) is 5.11 Å². The van der Waals surface area contributed by atoms with E-state index in [0.29, 0.717) is 5.13 Å². The van der Waals surface area contributed by atoms with E-state index in [1.165, 1.54) is 11.3 Å². The number of rotatable bonds is 5. The summed E-state index contributed by atoms with van der Waals surface area (Å²) >= 11 is 1.39. The first kappa shape index (κ1) is 11.5. The van der Waals surface area contributed by atoms with Gasteiger partial charge in [0.15, 0.2) is 5.13 Å². The fraction of sp³-hybridized carbons (Fsp3) is 0.700. The van der Waals surface area contributed by atoms with Crippen molar-refractivity contribution >= 4 is 16.5 Å². The normalized spacial score (nSPS) is 11.9. The maximum Gasteiger partial charge on any atom is 0.180 e. The molecule has 0 radical (unpaired) electrons. The molecular formula is C10H18N2OS. The van der Waals surface area contributed by atoms with Crippen molar-refractivity contribution in [2.45, 2.75) is 45.1 Å². The van der Waals surface area contributed by atoms with Gasteiger partial charge in [0.1, 0.15) is 5.60 Å². The highest BCUT2D eigenvalue weighted by Crippen LogP contribution is 2.35. The Balaban J connectivity index is 2.86. The lowest BCUT2D eigenvalue weighted by molar-refractivity contribution is 0.0204. The molecule has 1 aromatic heterocycles. The number of nitrogens with zero attached hydrogens (tertiary/aromatic N) is 1. The Kier molecular flexibility index (Phi) is 3.89. The number of nitrogen functional groups attached to an aromatic ring is 1. The van der Waals surface area contributed by atoms with Crippen LogP contribution < -0.4 is 5.73 Å². The molecule has 0 aliphatic heterocycles. The summed E-state index contributed by atoms with van der Waals surface area (Å²) in [4.78, 5) is 4.89. The molecule has 1 rings (SSSR count). The first-order chi connectivity index (χ1) is 6.62. The maximum absolute atomic E-state index is 10.4. The van der Waals surface area contributed by atoms with Crippen LogP contribution in [-0.4, -0.2) is 10.1 Å². The zero-order valence-corrected chi connectivity index (χ0v) is 9.60. The largest absolute Gasteiger partial charge is 0.384 e. The van der Waals surface area contributed by atoms with Crippen molar-refractivity contribution in [1.82, 2.24) is 4.98 Å². The molecule has 0 bridgehead atoms. The highest BCUT2D eigenvalue weighted by atomic mass is 32.1. The summed E-state index contributed by atoms with van der Waals surface area (Å²) in [6.07, 6.45) is 5.19. The Bertz CT molecular complexity index is 279. The van der Waals surface area contributed by atoms with Crippen molar-refractivity contribution in [1.29, 1.82) is 0 Å². The fourth-order valence-electron chi connectivity index (χ4n) is 1.70. The van der Waals surface area contributed by atoms with Gasteiger partial charge in [0, 0.05) is 6.20 Å². The average Bonchev–Trinajstić information content (AvgIpc) is 2.53. The number of aromatic nitrogens is 1. The molecule has 3 nitrogen and oxygen atoms in total. The van der Waals surface area contributed by atoms with E-state index in [2.05, 4.69) is 18.8 Å². The predicted molar refractivity (Wildman–Crippen MR) is 60.2 cm³/mol. The van der Waals surface area contributed by atoms with E-state index in [1.807, 2.05) is 0 Å². The molecule has 1 heterocycles. The maximum atomic E-state index is 10.4. The van der Waals surface area contributed by atoms with Crippen LogP contribution in [0.2, 0.25) is 0 Å². The minimum absolute atomic E-state index is 0.533. The van der Waals surface area contributed by atoms with Crippen molar-refractivity contribution < 1.29 is 5.11 Å². The molecule has 0 fully saturated rings. The molecule has 0 atom stereocenters. The second-order valence-electron chi connectivity index (χ2n) is 3.59. The van der Waals surface area contributed by atoms with Crippen molar-refractivity contribution in [3.8, 4) is 0 Å². The molecule has 3 N–H and O–H groups in total. The third-order valence-electron chi connectivity index (χ3n) is 2.31. The van der Waals surface area contributed by atoms with Gasteiger partial charge in [-0.1, -0.05) is 38.0 Å². The minimum Gasteiger partial charge on any atom is -0.384 e.